The molecule has 0 radical (unpaired) electrons. The van der Waals surface area contributed by atoms with Crippen LogP contribution in [0.3, 0.4) is 0 Å². The van der Waals surface area contributed by atoms with E-state index in [1.807, 2.05) is 18.2 Å². The van der Waals surface area contributed by atoms with Crippen molar-refractivity contribution in [3.63, 3.8) is 0 Å². The topological polar surface area (TPSA) is 38.7 Å². The first-order chi connectivity index (χ1) is 9.58. The summed E-state index contributed by atoms with van der Waals surface area (Å²) in [5.41, 5.74) is 0.601. The Bertz CT molecular complexity index is 444. The smallest absolute Gasteiger partial charge is 0.129 e. The Balaban J connectivity index is 2.08. The van der Waals surface area contributed by atoms with Crippen LogP contribution in [0.2, 0.25) is 0 Å². The Morgan fingerprint density at radius 1 is 1.35 bits per heavy atom. The summed E-state index contributed by atoms with van der Waals surface area (Å²) in [5, 5.41) is 10.3. The van der Waals surface area contributed by atoms with E-state index in [2.05, 4.69) is 13.8 Å². The molecule has 0 spiro atoms. The van der Waals surface area contributed by atoms with Gasteiger partial charge in [0, 0.05) is 18.1 Å². The molecule has 1 heterocycles. The third-order valence-corrected chi connectivity index (χ3v) is 4.12. The average molecular weight is 278 g/mol. The second-order valence-electron chi connectivity index (χ2n) is 5.99. The minimum atomic E-state index is -0.444. The van der Waals surface area contributed by atoms with E-state index in [1.54, 1.807) is 7.11 Å². The number of ether oxygens (including phenoxy) is 2. The monoisotopic (exact) mass is 278 g/mol. The zero-order chi connectivity index (χ0) is 14.6. The molecule has 0 saturated heterocycles. The Morgan fingerprint density at radius 2 is 2.15 bits per heavy atom. The van der Waals surface area contributed by atoms with Gasteiger partial charge >= 0.3 is 0 Å². The molecule has 1 aliphatic rings. The molecule has 112 valence electrons. The van der Waals surface area contributed by atoms with Gasteiger partial charge < -0.3 is 14.6 Å². The van der Waals surface area contributed by atoms with Gasteiger partial charge in [0.05, 0.1) is 13.2 Å². The second-order valence-corrected chi connectivity index (χ2v) is 5.99. The van der Waals surface area contributed by atoms with E-state index in [0.29, 0.717) is 6.42 Å². The predicted octanol–water partition coefficient (Wildman–Crippen LogP) is 4.24. The van der Waals surface area contributed by atoms with Crippen molar-refractivity contribution >= 4 is 0 Å². The second kappa shape index (κ2) is 6.49. The van der Waals surface area contributed by atoms with Gasteiger partial charge in [0.15, 0.2) is 0 Å². The van der Waals surface area contributed by atoms with E-state index in [-0.39, 0.29) is 5.60 Å². The van der Waals surface area contributed by atoms with E-state index in [4.69, 9.17) is 9.47 Å². The number of unbranched alkanes of at least 4 members (excludes halogenated alkanes) is 3. The molecule has 0 saturated carbocycles. The highest BCUT2D eigenvalue weighted by Gasteiger charge is 2.36. The van der Waals surface area contributed by atoms with Crippen LogP contribution in [0.4, 0.5) is 0 Å². The highest BCUT2D eigenvalue weighted by Crippen LogP contribution is 2.43. The van der Waals surface area contributed by atoms with Gasteiger partial charge in [-0.05, 0) is 31.9 Å². The summed E-state index contributed by atoms with van der Waals surface area (Å²) in [7, 11) is 1.64. The number of methoxy groups -OCH3 is 1. The number of fused-ring (bicyclic) bond motifs is 1. The minimum absolute atomic E-state index is 0.271. The lowest BCUT2D eigenvalue weighted by Crippen LogP contribution is -2.38. The molecule has 0 bridgehead atoms. The van der Waals surface area contributed by atoms with Crippen molar-refractivity contribution in [2.24, 2.45) is 0 Å². The first-order valence-electron chi connectivity index (χ1n) is 7.63. The summed E-state index contributed by atoms with van der Waals surface area (Å²) >= 11 is 0. The fourth-order valence-electron chi connectivity index (χ4n) is 2.91. The van der Waals surface area contributed by atoms with Gasteiger partial charge in [-0.3, -0.25) is 0 Å². The molecule has 3 nitrogen and oxygen atoms in total. The number of benzene rings is 1. The standard InChI is InChI=1S/C17H26O3/c1-4-5-6-7-10-17(2)12-15(18)14-9-8-13(19-3)11-16(14)20-17/h8-9,11,15,18H,4-7,10,12H2,1-3H3. The molecular formula is C17H26O3. The van der Waals surface area contributed by atoms with Gasteiger partial charge in [-0.25, -0.2) is 0 Å². The fraction of sp³-hybridized carbons (Fsp3) is 0.647. The van der Waals surface area contributed by atoms with Gasteiger partial charge in [-0.15, -0.1) is 0 Å². The first kappa shape index (κ1) is 15.2. The number of aliphatic hydroxyl groups excluding tert-OH is 1. The quantitative estimate of drug-likeness (QED) is 0.791. The Labute approximate surface area is 121 Å². The van der Waals surface area contributed by atoms with Crippen LogP contribution in [0.25, 0.3) is 0 Å². The molecule has 2 atom stereocenters. The van der Waals surface area contributed by atoms with Crippen LogP contribution in [0.5, 0.6) is 11.5 Å². The predicted molar refractivity (Wildman–Crippen MR) is 80.4 cm³/mol. The van der Waals surface area contributed by atoms with Crippen molar-refractivity contribution in [1.82, 2.24) is 0 Å². The Hall–Kier alpha value is -1.22. The number of hydrogen-bond acceptors (Lipinski definition) is 3. The van der Waals surface area contributed by atoms with Crippen molar-refractivity contribution < 1.29 is 14.6 Å². The summed E-state index contributed by atoms with van der Waals surface area (Å²) in [4.78, 5) is 0. The third kappa shape index (κ3) is 3.45. The van der Waals surface area contributed by atoms with Gasteiger partial charge in [0.25, 0.3) is 0 Å². The summed E-state index contributed by atoms with van der Waals surface area (Å²) in [6, 6.07) is 5.65. The Morgan fingerprint density at radius 3 is 2.85 bits per heavy atom. The molecule has 1 aromatic rings. The summed E-state index contributed by atoms with van der Waals surface area (Å²) in [5.74, 6) is 1.53. The van der Waals surface area contributed by atoms with Crippen molar-refractivity contribution in [1.29, 1.82) is 0 Å². The molecule has 2 rings (SSSR count). The molecule has 1 aliphatic heterocycles. The minimum Gasteiger partial charge on any atom is -0.497 e. The zero-order valence-electron chi connectivity index (χ0n) is 12.8. The maximum Gasteiger partial charge on any atom is 0.129 e. The molecule has 2 unspecified atom stereocenters. The fourth-order valence-corrected chi connectivity index (χ4v) is 2.91. The van der Waals surface area contributed by atoms with Crippen LogP contribution < -0.4 is 9.47 Å². The van der Waals surface area contributed by atoms with Crippen LogP contribution >= 0.6 is 0 Å². The van der Waals surface area contributed by atoms with Gasteiger partial charge in [0.2, 0.25) is 0 Å². The van der Waals surface area contributed by atoms with Crippen LogP contribution in [-0.4, -0.2) is 17.8 Å². The van der Waals surface area contributed by atoms with E-state index < -0.39 is 6.10 Å². The molecule has 0 aromatic heterocycles. The van der Waals surface area contributed by atoms with Crippen LogP contribution in [-0.2, 0) is 0 Å². The SMILES string of the molecule is CCCCCCC1(C)CC(O)c2ccc(OC)cc2O1. The van der Waals surface area contributed by atoms with Gasteiger partial charge in [-0.2, -0.15) is 0 Å². The van der Waals surface area contributed by atoms with Crippen LogP contribution in [0.1, 0.15) is 64.0 Å². The van der Waals surface area contributed by atoms with Gasteiger partial charge in [0.1, 0.15) is 17.1 Å². The van der Waals surface area contributed by atoms with Crippen molar-refractivity contribution in [3.05, 3.63) is 23.8 Å². The maximum atomic E-state index is 10.3. The Kier molecular flexibility index (Phi) is 4.92. The molecule has 3 heteroatoms. The molecule has 0 amide bonds. The summed E-state index contributed by atoms with van der Waals surface area (Å²) in [6.07, 6.45) is 6.09. The summed E-state index contributed by atoms with van der Waals surface area (Å²) in [6.45, 7) is 4.32. The summed E-state index contributed by atoms with van der Waals surface area (Å²) < 4.78 is 11.4. The van der Waals surface area contributed by atoms with E-state index in [1.165, 1.54) is 19.3 Å². The molecule has 0 fully saturated rings. The maximum absolute atomic E-state index is 10.3. The zero-order valence-corrected chi connectivity index (χ0v) is 12.8. The molecule has 20 heavy (non-hydrogen) atoms. The van der Waals surface area contributed by atoms with Gasteiger partial charge in [-0.1, -0.05) is 26.2 Å². The lowest BCUT2D eigenvalue weighted by molar-refractivity contribution is -0.00865. The first-order valence-corrected chi connectivity index (χ1v) is 7.63. The van der Waals surface area contributed by atoms with Crippen molar-refractivity contribution in [2.75, 3.05) is 7.11 Å². The van der Waals surface area contributed by atoms with Crippen LogP contribution in [0, 0.1) is 0 Å². The number of rotatable bonds is 6. The third-order valence-electron chi connectivity index (χ3n) is 4.12. The highest BCUT2D eigenvalue weighted by atomic mass is 16.5. The average Bonchev–Trinajstić information content (AvgIpc) is 2.42. The lowest BCUT2D eigenvalue weighted by atomic mass is 9.86. The molecule has 0 aliphatic carbocycles. The lowest BCUT2D eigenvalue weighted by Gasteiger charge is -2.38. The molecular weight excluding hydrogens is 252 g/mol. The molecule has 1 N–H and O–H groups in total. The van der Waals surface area contributed by atoms with Crippen molar-refractivity contribution in [3.8, 4) is 11.5 Å². The molecule has 1 aromatic carbocycles. The van der Waals surface area contributed by atoms with Crippen LogP contribution in [0.15, 0.2) is 18.2 Å². The van der Waals surface area contributed by atoms with E-state index in [9.17, 15) is 5.11 Å². The van der Waals surface area contributed by atoms with E-state index in [0.717, 1.165) is 29.9 Å². The highest BCUT2D eigenvalue weighted by molar-refractivity contribution is 5.43. The largest absolute Gasteiger partial charge is 0.497 e. The van der Waals surface area contributed by atoms with E-state index >= 15 is 0 Å². The normalized spacial score (nSPS) is 24.9. The van der Waals surface area contributed by atoms with Crippen molar-refractivity contribution in [2.45, 2.75) is 64.1 Å². The number of aliphatic hydroxyl groups is 1. The number of hydrogen-bond donors (Lipinski definition) is 1.